The van der Waals surface area contributed by atoms with Crippen LogP contribution in [0.25, 0.3) is 0 Å². The van der Waals surface area contributed by atoms with Crippen molar-refractivity contribution in [2.24, 2.45) is 0 Å². The normalized spacial score (nSPS) is 16.5. The van der Waals surface area contributed by atoms with E-state index in [-0.39, 0.29) is 22.6 Å². The molecule has 0 radical (unpaired) electrons. The summed E-state index contributed by atoms with van der Waals surface area (Å²) in [6.45, 7) is 4.64. The van der Waals surface area contributed by atoms with E-state index in [0.717, 1.165) is 37.7 Å². The van der Waals surface area contributed by atoms with Crippen molar-refractivity contribution >= 4 is 29.4 Å². The number of carbonyl (C=O) groups excluding carboxylic acids is 3. The average molecular weight is 503 g/mol. The van der Waals surface area contributed by atoms with E-state index >= 15 is 0 Å². The number of nitrogens with one attached hydrogen (secondary N) is 1. The molecule has 1 aromatic carbocycles. The zero-order valence-corrected chi connectivity index (χ0v) is 21.2. The number of hydrogen-bond acceptors (Lipinski definition) is 7. The molecule has 0 aliphatic heterocycles. The monoisotopic (exact) mass is 502 g/mol. The van der Waals surface area contributed by atoms with E-state index in [1.54, 1.807) is 0 Å². The number of aromatic nitrogens is 1. The summed E-state index contributed by atoms with van der Waals surface area (Å²) in [7, 11) is 1.38. The number of ether oxygens (including phenoxy) is 3. The number of pyridine rings is 1. The van der Waals surface area contributed by atoms with Gasteiger partial charge in [0.05, 0.1) is 7.11 Å². The van der Waals surface area contributed by atoms with Gasteiger partial charge in [-0.2, -0.15) is 0 Å². The molecule has 0 spiro atoms. The molecule has 35 heavy (non-hydrogen) atoms. The van der Waals surface area contributed by atoms with Crippen molar-refractivity contribution < 1.29 is 28.6 Å². The van der Waals surface area contributed by atoms with E-state index in [9.17, 15) is 14.4 Å². The molecule has 1 aromatic heterocycles. The summed E-state index contributed by atoms with van der Waals surface area (Å²) in [6.07, 6.45) is 5.94. The number of halogens is 1. The fraction of sp³-hybridized carbons (Fsp3) is 0.462. The Hall–Kier alpha value is -3.13. The molecule has 0 bridgehead atoms. The molecule has 1 saturated carbocycles. The molecule has 1 unspecified atom stereocenters. The number of carbonyl (C=O) groups is 3. The second kappa shape index (κ2) is 11.5. The lowest BCUT2D eigenvalue weighted by Crippen LogP contribution is -2.46. The minimum Gasteiger partial charge on any atom is -0.493 e. The molecule has 1 aliphatic rings. The van der Waals surface area contributed by atoms with E-state index in [0.29, 0.717) is 5.02 Å². The molecule has 0 saturated heterocycles. The van der Waals surface area contributed by atoms with Gasteiger partial charge in [0.1, 0.15) is 12.1 Å². The van der Waals surface area contributed by atoms with Gasteiger partial charge in [-0.3, -0.25) is 9.59 Å². The van der Waals surface area contributed by atoms with Crippen molar-refractivity contribution in [3.63, 3.8) is 0 Å². The van der Waals surface area contributed by atoms with Crippen molar-refractivity contribution in [1.29, 1.82) is 0 Å². The van der Waals surface area contributed by atoms with Gasteiger partial charge in [0.2, 0.25) is 5.75 Å². The molecule has 8 nitrogen and oxygen atoms in total. The molecule has 3 rings (SSSR count). The first-order valence-corrected chi connectivity index (χ1v) is 12.0. The molecule has 1 amide bonds. The van der Waals surface area contributed by atoms with Crippen LogP contribution in [0.2, 0.25) is 5.02 Å². The first kappa shape index (κ1) is 26.5. The lowest BCUT2D eigenvalue weighted by molar-refractivity contribution is -0.154. The molecular formula is C26H31ClN2O6. The largest absolute Gasteiger partial charge is 0.493 e. The summed E-state index contributed by atoms with van der Waals surface area (Å²) in [6, 6.07) is 8.20. The van der Waals surface area contributed by atoms with Gasteiger partial charge in [-0.15, -0.1) is 0 Å². The average Bonchev–Trinajstić information content (AvgIpc) is 2.84. The molecule has 1 aliphatic carbocycles. The molecule has 2 aromatic rings. The van der Waals surface area contributed by atoms with Gasteiger partial charge >= 0.3 is 11.9 Å². The third-order valence-electron chi connectivity index (χ3n) is 6.49. The molecule has 188 valence electrons. The van der Waals surface area contributed by atoms with E-state index < -0.39 is 30.0 Å². The predicted octanol–water partition coefficient (Wildman–Crippen LogP) is 4.62. The van der Waals surface area contributed by atoms with Crippen LogP contribution in [-0.4, -0.2) is 42.1 Å². The Labute approximate surface area is 210 Å². The second-order valence-corrected chi connectivity index (χ2v) is 9.22. The molecule has 2 atom stereocenters. The van der Waals surface area contributed by atoms with E-state index in [1.807, 2.05) is 31.2 Å². The van der Waals surface area contributed by atoms with Crippen LogP contribution >= 0.6 is 11.6 Å². The Kier molecular flexibility index (Phi) is 8.72. The Morgan fingerprint density at radius 3 is 2.31 bits per heavy atom. The fourth-order valence-electron chi connectivity index (χ4n) is 4.60. The maximum Gasteiger partial charge on any atom is 0.328 e. The highest BCUT2D eigenvalue weighted by atomic mass is 35.5. The smallest absolute Gasteiger partial charge is 0.328 e. The Morgan fingerprint density at radius 1 is 1.06 bits per heavy atom. The standard InChI is InChI=1S/C26H31ClN2O6/c1-16(29-24(31)22-23(35-18(3)30)21(33-4)12-15-28-22)25(32)34-17(2)26(13-6-5-7-14-26)19-8-10-20(27)11-9-19/h8-12,15-17H,5-7,13-14H2,1-4H3,(H,29,31)/t16-,17?/m0/s1. The minimum absolute atomic E-state index is 0.113. The number of esters is 2. The van der Waals surface area contributed by atoms with Crippen molar-refractivity contribution in [3.05, 3.63) is 52.8 Å². The van der Waals surface area contributed by atoms with Crippen LogP contribution in [0.5, 0.6) is 11.5 Å². The van der Waals surface area contributed by atoms with Crippen LogP contribution in [0, 0.1) is 0 Å². The van der Waals surface area contributed by atoms with Gasteiger partial charge in [-0.25, -0.2) is 9.78 Å². The maximum absolute atomic E-state index is 13.0. The quantitative estimate of drug-likeness (QED) is 0.525. The second-order valence-electron chi connectivity index (χ2n) is 8.78. The van der Waals surface area contributed by atoms with Crippen LogP contribution < -0.4 is 14.8 Å². The van der Waals surface area contributed by atoms with Gasteiger partial charge in [0, 0.05) is 29.6 Å². The summed E-state index contributed by atoms with van der Waals surface area (Å²) in [5.74, 6) is -1.83. The van der Waals surface area contributed by atoms with Gasteiger partial charge in [-0.05, 0) is 44.4 Å². The lowest BCUT2D eigenvalue weighted by atomic mass is 9.66. The number of rotatable bonds is 8. The summed E-state index contributed by atoms with van der Waals surface area (Å²) in [5.41, 5.74) is 0.598. The van der Waals surface area contributed by atoms with Crippen LogP contribution in [0.3, 0.4) is 0 Å². The van der Waals surface area contributed by atoms with Crippen LogP contribution in [-0.2, 0) is 19.7 Å². The van der Waals surface area contributed by atoms with Crippen molar-refractivity contribution in [2.45, 2.75) is 70.4 Å². The lowest BCUT2D eigenvalue weighted by Gasteiger charge is -2.42. The highest BCUT2D eigenvalue weighted by molar-refractivity contribution is 6.30. The zero-order valence-electron chi connectivity index (χ0n) is 20.4. The van der Waals surface area contributed by atoms with Crippen LogP contribution in [0.1, 0.15) is 68.9 Å². The number of benzene rings is 1. The molecule has 1 heterocycles. The number of nitrogens with zero attached hydrogens (tertiary/aromatic N) is 1. The Bertz CT molecular complexity index is 1070. The van der Waals surface area contributed by atoms with Gasteiger partial charge < -0.3 is 19.5 Å². The molecule has 1 N–H and O–H groups in total. The Balaban J connectivity index is 1.75. The third kappa shape index (κ3) is 6.11. The molecule has 9 heteroatoms. The van der Waals surface area contributed by atoms with Crippen molar-refractivity contribution in [2.75, 3.05) is 7.11 Å². The Morgan fingerprint density at radius 2 is 1.71 bits per heavy atom. The zero-order chi connectivity index (χ0) is 25.6. The maximum atomic E-state index is 13.0. The SMILES string of the molecule is COc1ccnc(C(=O)N[C@@H](C)C(=O)OC(C)C2(c3ccc(Cl)cc3)CCCCC2)c1OC(C)=O. The highest BCUT2D eigenvalue weighted by Gasteiger charge is 2.42. The summed E-state index contributed by atoms with van der Waals surface area (Å²) in [4.78, 5) is 41.4. The molecular weight excluding hydrogens is 472 g/mol. The third-order valence-corrected chi connectivity index (χ3v) is 6.74. The van der Waals surface area contributed by atoms with Crippen LogP contribution in [0.4, 0.5) is 0 Å². The van der Waals surface area contributed by atoms with E-state index in [2.05, 4.69) is 10.3 Å². The number of hydrogen-bond donors (Lipinski definition) is 1. The van der Waals surface area contributed by atoms with Gasteiger partial charge in [-0.1, -0.05) is 43.0 Å². The van der Waals surface area contributed by atoms with Gasteiger partial charge in [0.15, 0.2) is 11.4 Å². The number of amides is 1. The van der Waals surface area contributed by atoms with E-state index in [1.165, 1.54) is 33.2 Å². The first-order chi connectivity index (χ1) is 16.7. The van der Waals surface area contributed by atoms with Gasteiger partial charge in [0.25, 0.3) is 5.91 Å². The first-order valence-electron chi connectivity index (χ1n) is 11.7. The molecule has 1 fully saturated rings. The minimum atomic E-state index is -0.964. The van der Waals surface area contributed by atoms with E-state index in [4.69, 9.17) is 25.8 Å². The summed E-state index contributed by atoms with van der Waals surface area (Å²) in [5, 5.41) is 3.24. The number of methoxy groups -OCH3 is 1. The topological polar surface area (TPSA) is 104 Å². The predicted molar refractivity (Wildman–Crippen MR) is 131 cm³/mol. The summed E-state index contributed by atoms with van der Waals surface area (Å²) >= 11 is 6.09. The highest BCUT2D eigenvalue weighted by Crippen LogP contribution is 2.43. The fourth-order valence-corrected chi connectivity index (χ4v) is 4.73. The van der Waals surface area contributed by atoms with Crippen LogP contribution in [0.15, 0.2) is 36.5 Å². The van der Waals surface area contributed by atoms with Crippen molar-refractivity contribution in [3.8, 4) is 11.5 Å². The van der Waals surface area contributed by atoms with Crippen molar-refractivity contribution in [1.82, 2.24) is 10.3 Å². The summed E-state index contributed by atoms with van der Waals surface area (Å²) < 4.78 is 16.2.